The number of hydrogen-bond acceptors (Lipinski definition) is 15. The van der Waals surface area contributed by atoms with Gasteiger partial charge in [0.15, 0.2) is 17.9 Å². The molecule has 254 valence electrons. The Balaban J connectivity index is 1.53. The molecule has 2 aromatic carbocycles. The van der Waals surface area contributed by atoms with Crippen molar-refractivity contribution in [2.75, 3.05) is 32.3 Å². The molecular weight excluding hydrogens is 658 g/mol. The van der Waals surface area contributed by atoms with Crippen LogP contribution in [0.25, 0.3) is 0 Å². The lowest BCUT2D eigenvalue weighted by atomic mass is 9.72. The second kappa shape index (κ2) is 14.0. The zero-order valence-corrected chi connectivity index (χ0v) is 27.3. The number of ketones is 3. The molecular formula is C31H35NO13S2. The van der Waals surface area contributed by atoms with E-state index in [2.05, 4.69) is 5.32 Å². The largest absolute Gasteiger partial charge is 0.507 e. The zero-order valence-electron chi connectivity index (χ0n) is 25.7. The van der Waals surface area contributed by atoms with Crippen LogP contribution in [0.4, 0.5) is 4.79 Å². The number of fused-ring (bicyclic) bond motifs is 3. The van der Waals surface area contributed by atoms with Crippen molar-refractivity contribution in [3.8, 4) is 17.2 Å². The molecule has 14 nitrogen and oxygen atoms in total. The Morgan fingerprint density at radius 3 is 2.53 bits per heavy atom. The number of phenols is 2. The number of benzene rings is 2. The molecule has 5 rings (SSSR count). The Kier molecular flexibility index (Phi) is 10.4. The third kappa shape index (κ3) is 6.42. The van der Waals surface area contributed by atoms with Gasteiger partial charge in [-0.3, -0.25) is 14.4 Å². The highest BCUT2D eigenvalue weighted by Crippen LogP contribution is 2.52. The molecule has 3 aliphatic rings. The summed E-state index contributed by atoms with van der Waals surface area (Å²) in [4.78, 5) is 52.7. The molecule has 2 aliphatic carbocycles. The van der Waals surface area contributed by atoms with Gasteiger partial charge in [0.2, 0.25) is 5.78 Å². The quantitative estimate of drug-likeness (QED) is 0.101. The Hall–Kier alpha value is -3.38. The minimum Gasteiger partial charge on any atom is -0.507 e. The minimum absolute atomic E-state index is 0.0713. The number of carbonyl (C=O) groups is 4. The van der Waals surface area contributed by atoms with Gasteiger partial charge < -0.3 is 49.8 Å². The predicted octanol–water partition coefficient (Wildman–Crippen LogP) is 1.78. The zero-order chi connectivity index (χ0) is 34.2. The van der Waals surface area contributed by atoms with Crippen LogP contribution in [-0.4, -0.2) is 111 Å². The first kappa shape index (κ1) is 34.9. The van der Waals surface area contributed by atoms with Crippen LogP contribution in [-0.2, 0) is 25.4 Å². The second-order valence-corrected chi connectivity index (χ2v) is 14.1. The average Bonchev–Trinajstić information content (AvgIpc) is 3.04. The predicted molar refractivity (Wildman–Crippen MR) is 168 cm³/mol. The van der Waals surface area contributed by atoms with Crippen LogP contribution in [0, 0.1) is 0 Å². The smallest absolute Gasteiger partial charge is 0.407 e. The summed E-state index contributed by atoms with van der Waals surface area (Å²) in [6.45, 7) is 0.602. The van der Waals surface area contributed by atoms with Crippen molar-refractivity contribution in [1.29, 1.82) is 0 Å². The molecule has 6 atom stereocenters. The van der Waals surface area contributed by atoms with Crippen molar-refractivity contribution in [2.45, 2.75) is 62.4 Å². The molecule has 0 spiro atoms. The number of ether oxygens (including phenoxy) is 4. The Bertz CT molecular complexity index is 1600. The number of Topliss-reactive ketones (excluding diaryl/α,β-unsaturated/α-hetero) is 1. The van der Waals surface area contributed by atoms with E-state index in [-0.39, 0.29) is 41.0 Å². The number of aliphatic hydroxyl groups excluding tert-OH is 2. The Morgan fingerprint density at radius 1 is 1.13 bits per heavy atom. The molecule has 47 heavy (non-hydrogen) atoms. The third-order valence-electron chi connectivity index (χ3n) is 8.58. The fourth-order valence-electron chi connectivity index (χ4n) is 6.30. The van der Waals surface area contributed by atoms with E-state index in [1.54, 1.807) is 0 Å². The monoisotopic (exact) mass is 693 g/mol. The van der Waals surface area contributed by atoms with E-state index in [0.29, 0.717) is 5.75 Å². The van der Waals surface area contributed by atoms with Crippen LogP contribution in [0.2, 0.25) is 0 Å². The maximum atomic E-state index is 13.8. The molecule has 0 unspecified atom stereocenters. The maximum absolute atomic E-state index is 13.8. The number of alkyl carbamates (subject to hydrolysis) is 1. The number of carbonyl (C=O) groups excluding carboxylic acids is 4. The highest BCUT2D eigenvalue weighted by molar-refractivity contribution is 8.76. The molecule has 6 N–H and O–H groups in total. The number of nitrogens with one attached hydrogen (secondary N) is 1. The topological polar surface area (TPSA) is 218 Å². The van der Waals surface area contributed by atoms with Crippen LogP contribution in [0.5, 0.6) is 17.2 Å². The van der Waals surface area contributed by atoms with Crippen LogP contribution in [0.3, 0.4) is 0 Å². The number of aliphatic hydroxyl groups is 3. The van der Waals surface area contributed by atoms with Gasteiger partial charge in [-0.2, -0.15) is 0 Å². The maximum Gasteiger partial charge on any atom is 0.407 e. The lowest BCUT2D eigenvalue weighted by Gasteiger charge is -2.42. The van der Waals surface area contributed by atoms with Crippen LogP contribution >= 0.6 is 21.6 Å². The SMILES string of the molecule is COc1cccc2c1C(=O)c1c(O)c3c(c(O)c1C2=O)C[C@@](O)(C(=O)CO)C[C@@H]3O[C@H]1C[C@H](NC(=O)OCCSSC)[C@H](O)[C@H](C)O1. The van der Waals surface area contributed by atoms with Gasteiger partial charge >= 0.3 is 6.09 Å². The van der Waals surface area contributed by atoms with Gasteiger partial charge in [0.25, 0.3) is 0 Å². The van der Waals surface area contributed by atoms with Gasteiger partial charge in [-0.15, -0.1) is 0 Å². The first-order chi connectivity index (χ1) is 22.4. The minimum atomic E-state index is -2.32. The summed E-state index contributed by atoms with van der Waals surface area (Å²) < 4.78 is 22.5. The Labute approximate surface area is 277 Å². The van der Waals surface area contributed by atoms with Gasteiger partial charge in [-0.1, -0.05) is 33.7 Å². The first-order valence-corrected chi connectivity index (χ1v) is 17.4. The van der Waals surface area contributed by atoms with Crippen LogP contribution in [0.1, 0.15) is 68.8 Å². The van der Waals surface area contributed by atoms with Crippen molar-refractivity contribution < 1.29 is 63.7 Å². The molecule has 0 aromatic heterocycles. The number of amides is 1. The summed E-state index contributed by atoms with van der Waals surface area (Å²) in [5, 5.41) is 57.6. The number of phenolic OH excluding ortho intramolecular Hbond substituents is 2. The van der Waals surface area contributed by atoms with Crippen molar-refractivity contribution in [3.63, 3.8) is 0 Å². The van der Waals surface area contributed by atoms with Crippen molar-refractivity contribution in [2.24, 2.45) is 0 Å². The molecule has 1 saturated heterocycles. The number of rotatable bonds is 10. The number of methoxy groups -OCH3 is 1. The molecule has 1 amide bonds. The summed E-state index contributed by atoms with van der Waals surface area (Å²) in [6.07, 6.45) is -4.91. The Morgan fingerprint density at radius 2 is 1.85 bits per heavy atom. The first-order valence-electron chi connectivity index (χ1n) is 14.7. The molecule has 0 bridgehead atoms. The highest BCUT2D eigenvalue weighted by atomic mass is 33.1. The van der Waals surface area contributed by atoms with E-state index in [1.165, 1.54) is 53.8 Å². The molecule has 0 radical (unpaired) electrons. The summed E-state index contributed by atoms with van der Waals surface area (Å²) in [5.74, 6) is -3.45. The normalized spacial score (nSPS) is 26.6. The van der Waals surface area contributed by atoms with Gasteiger partial charge in [0.05, 0.1) is 42.0 Å². The summed E-state index contributed by atoms with van der Waals surface area (Å²) in [6, 6.07) is 3.41. The second-order valence-electron chi connectivity index (χ2n) is 11.4. The summed E-state index contributed by atoms with van der Waals surface area (Å²) >= 11 is 0. The average molecular weight is 694 g/mol. The molecule has 1 heterocycles. The van der Waals surface area contributed by atoms with E-state index in [0.717, 1.165) is 0 Å². The fourth-order valence-corrected chi connectivity index (χ4v) is 7.33. The van der Waals surface area contributed by atoms with E-state index in [9.17, 15) is 44.7 Å². The molecule has 1 fully saturated rings. The van der Waals surface area contributed by atoms with Crippen LogP contribution in [0.15, 0.2) is 18.2 Å². The van der Waals surface area contributed by atoms with Crippen LogP contribution < -0.4 is 10.1 Å². The third-order valence-corrected chi connectivity index (χ3v) is 10.4. The summed E-state index contributed by atoms with van der Waals surface area (Å²) in [7, 11) is 4.33. The van der Waals surface area contributed by atoms with Gasteiger partial charge in [-0.25, -0.2) is 4.79 Å². The lowest BCUT2D eigenvalue weighted by molar-refractivity contribution is -0.249. The number of aromatic hydroxyl groups is 2. The molecule has 1 aliphatic heterocycles. The highest BCUT2D eigenvalue weighted by Gasteiger charge is 2.50. The lowest BCUT2D eigenvalue weighted by Crippen LogP contribution is -2.56. The fraction of sp³-hybridized carbons (Fsp3) is 0.484. The van der Waals surface area contributed by atoms with E-state index in [1.807, 2.05) is 6.26 Å². The molecule has 0 saturated carbocycles. The standard InChI is InChI=1S/C31H35NO13S2/c1-13-25(35)16(32-30(40)43-7-8-47-46-3)9-20(44-13)45-18-11-31(41,19(34)12-33)10-15-22(18)29(39)24-23(27(15)37)26(36)14-5-4-6-17(42-2)21(14)28(24)38/h4-6,13,16,18,20,25,33,35,37,39,41H,7-12H2,1-3H3,(H,32,40)/t13-,16-,18-,20-,25+,31-/m0/s1. The van der Waals surface area contributed by atoms with Crippen molar-refractivity contribution >= 4 is 45.0 Å². The van der Waals surface area contributed by atoms with E-state index >= 15 is 0 Å². The van der Waals surface area contributed by atoms with Gasteiger partial charge in [-0.05, 0) is 19.2 Å². The molecule has 2 aromatic rings. The molecule has 16 heteroatoms. The van der Waals surface area contributed by atoms with Crippen molar-refractivity contribution in [3.05, 3.63) is 51.6 Å². The van der Waals surface area contributed by atoms with Gasteiger partial charge in [0.1, 0.15) is 42.2 Å². The van der Waals surface area contributed by atoms with Crippen molar-refractivity contribution in [1.82, 2.24) is 5.32 Å². The van der Waals surface area contributed by atoms with E-state index < -0.39 is 102 Å². The van der Waals surface area contributed by atoms with Gasteiger partial charge in [0, 0.05) is 41.7 Å². The number of hydrogen-bond donors (Lipinski definition) is 6. The van der Waals surface area contributed by atoms with E-state index in [4.69, 9.17) is 18.9 Å². The summed E-state index contributed by atoms with van der Waals surface area (Å²) in [5.41, 5.74) is -3.95.